The minimum absolute atomic E-state index is 0.0710. The predicted molar refractivity (Wildman–Crippen MR) is 73.6 cm³/mol. The standard InChI is InChI=1S/C13H16BrN3O2/c1-10(4-5-15)16-6-8-17(9-7-16)13(18)11-2-3-12(14)19-11/h2-3,10H,4,6-9H2,1H3/t10-/m0/s1. The van der Waals surface area contributed by atoms with E-state index in [1.54, 1.807) is 17.0 Å². The first-order valence-electron chi connectivity index (χ1n) is 6.27. The van der Waals surface area contributed by atoms with E-state index in [0.29, 0.717) is 29.9 Å². The molecule has 0 unspecified atom stereocenters. The number of carbonyl (C=O) groups is 1. The van der Waals surface area contributed by atoms with Crippen molar-refractivity contribution >= 4 is 21.8 Å². The zero-order valence-corrected chi connectivity index (χ0v) is 12.4. The Balaban J connectivity index is 1.90. The number of hydrogen-bond donors (Lipinski definition) is 0. The van der Waals surface area contributed by atoms with Crippen molar-refractivity contribution in [2.75, 3.05) is 26.2 Å². The highest BCUT2D eigenvalue weighted by atomic mass is 79.9. The zero-order valence-electron chi connectivity index (χ0n) is 10.8. The van der Waals surface area contributed by atoms with Gasteiger partial charge in [-0.2, -0.15) is 5.26 Å². The van der Waals surface area contributed by atoms with Crippen molar-refractivity contribution in [2.24, 2.45) is 0 Å². The van der Waals surface area contributed by atoms with Gasteiger partial charge in [-0.25, -0.2) is 0 Å². The first-order valence-corrected chi connectivity index (χ1v) is 7.06. The number of halogens is 1. The van der Waals surface area contributed by atoms with Gasteiger partial charge in [0.05, 0.1) is 12.5 Å². The zero-order chi connectivity index (χ0) is 13.8. The second-order valence-electron chi connectivity index (χ2n) is 4.64. The van der Waals surface area contributed by atoms with Gasteiger partial charge in [-0.15, -0.1) is 0 Å². The van der Waals surface area contributed by atoms with E-state index in [4.69, 9.17) is 9.68 Å². The van der Waals surface area contributed by atoms with E-state index in [2.05, 4.69) is 26.9 Å². The van der Waals surface area contributed by atoms with Crippen LogP contribution >= 0.6 is 15.9 Å². The lowest BCUT2D eigenvalue weighted by atomic mass is 10.2. The van der Waals surface area contributed by atoms with Gasteiger partial charge in [-0.1, -0.05) is 0 Å². The lowest BCUT2D eigenvalue weighted by Gasteiger charge is -2.37. The van der Waals surface area contributed by atoms with Crippen LogP contribution in [0, 0.1) is 11.3 Å². The van der Waals surface area contributed by atoms with Gasteiger partial charge in [0.15, 0.2) is 10.4 Å². The highest BCUT2D eigenvalue weighted by Gasteiger charge is 2.26. The molecule has 2 rings (SSSR count). The van der Waals surface area contributed by atoms with Crippen molar-refractivity contribution in [3.05, 3.63) is 22.6 Å². The number of nitrogens with zero attached hydrogens (tertiary/aromatic N) is 3. The van der Waals surface area contributed by atoms with Gasteiger partial charge in [0.2, 0.25) is 0 Å². The van der Waals surface area contributed by atoms with E-state index in [9.17, 15) is 4.79 Å². The van der Waals surface area contributed by atoms with Crippen LogP contribution in [0.25, 0.3) is 0 Å². The highest BCUT2D eigenvalue weighted by Crippen LogP contribution is 2.17. The van der Waals surface area contributed by atoms with Gasteiger partial charge in [0.25, 0.3) is 5.91 Å². The summed E-state index contributed by atoms with van der Waals surface area (Å²) in [5.74, 6) is 0.295. The van der Waals surface area contributed by atoms with Crippen molar-refractivity contribution in [1.82, 2.24) is 9.80 Å². The number of nitriles is 1. The van der Waals surface area contributed by atoms with Crippen LogP contribution in [0.15, 0.2) is 21.2 Å². The highest BCUT2D eigenvalue weighted by molar-refractivity contribution is 9.10. The molecular weight excluding hydrogens is 310 g/mol. The van der Waals surface area contributed by atoms with Crippen molar-refractivity contribution in [3.8, 4) is 6.07 Å². The number of piperazine rings is 1. The van der Waals surface area contributed by atoms with Gasteiger partial charge in [0.1, 0.15) is 0 Å². The first kappa shape index (κ1) is 14.1. The smallest absolute Gasteiger partial charge is 0.289 e. The summed E-state index contributed by atoms with van der Waals surface area (Å²) < 4.78 is 5.85. The molecule has 1 fully saturated rings. The molecule has 0 spiro atoms. The molecule has 102 valence electrons. The fourth-order valence-corrected chi connectivity index (χ4v) is 2.52. The minimum atomic E-state index is -0.0710. The average molecular weight is 326 g/mol. The van der Waals surface area contributed by atoms with E-state index in [1.165, 1.54) is 0 Å². The lowest BCUT2D eigenvalue weighted by Crippen LogP contribution is -2.51. The Bertz CT molecular complexity index is 486. The number of furan rings is 1. The summed E-state index contributed by atoms with van der Waals surface area (Å²) in [6, 6.07) is 5.83. The molecule has 1 amide bonds. The Labute approximate surface area is 120 Å². The van der Waals surface area contributed by atoms with Crippen LogP contribution < -0.4 is 0 Å². The van der Waals surface area contributed by atoms with Crippen LogP contribution in [0.4, 0.5) is 0 Å². The number of hydrogen-bond acceptors (Lipinski definition) is 4. The largest absolute Gasteiger partial charge is 0.444 e. The van der Waals surface area contributed by atoms with Crippen LogP contribution in [-0.2, 0) is 0 Å². The molecule has 19 heavy (non-hydrogen) atoms. The Hall–Kier alpha value is -1.32. The maximum atomic E-state index is 12.2. The molecule has 0 radical (unpaired) electrons. The molecule has 0 saturated carbocycles. The second kappa shape index (κ2) is 6.22. The number of carbonyl (C=O) groups excluding carboxylic acids is 1. The van der Waals surface area contributed by atoms with E-state index in [0.717, 1.165) is 13.1 Å². The molecule has 1 saturated heterocycles. The molecule has 1 aromatic rings. The van der Waals surface area contributed by atoms with Crippen LogP contribution in [0.2, 0.25) is 0 Å². The molecule has 1 aliphatic rings. The maximum Gasteiger partial charge on any atom is 0.289 e. The Morgan fingerprint density at radius 1 is 1.47 bits per heavy atom. The third kappa shape index (κ3) is 3.37. The third-order valence-corrected chi connectivity index (χ3v) is 3.82. The molecule has 0 aliphatic carbocycles. The van der Waals surface area contributed by atoms with E-state index < -0.39 is 0 Å². The Morgan fingerprint density at radius 3 is 2.68 bits per heavy atom. The van der Waals surface area contributed by atoms with Crippen LogP contribution in [0.5, 0.6) is 0 Å². The monoisotopic (exact) mass is 325 g/mol. The van der Waals surface area contributed by atoms with Gasteiger partial charge in [0, 0.05) is 32.2 Å². The van der Waals surface area contributed by atoms with Gasteiger partial charge in [-0.3, -0.25) is 9.69 Å². The van der Waals surface area contributed by atoms with Gasteiger partial charge < -0.3 is 9.32 Å². The summed E-state index contributed by atoms with van der Waals surface area (Å²) in [7, 11) is 0. The molecule has 1 atom stereocenters. The van der Waals surface area contributed by atoms with E-state index in [1.807, 2.05) is 6.92 Å². The SMILES string of the molecule is C[C@@H](CC#N)N1CCN(C(=O)c2ccc(Br)o2)CC1. The molecule has 1 aromatic heterocycles. The van der Waals surface area contributed by atoms with Crippen molar-refractivity contribution in [2.45, 2.75) is 19.4 Å². The molecule has 2 heterocycles. The third-order valence-electron chi connectivity index (χ3n) is 3.40. The fraction of sp³-hybridized carbons (Fsp3) is 0.538. The summed E-state index contributed by atoms with van der Waals surface area (Å²) in [6.45, 7) is 5.00. The van der Waals surface area contributed by atoms with E-state index in [-0.39, 0.29) is 11.9 Å². The lowest BCUT2D eigenvalue weighted by molar-refractivity contribution is 0.0555. The summed E-state index contributed by atoms with van der Waals surface area (Å²) in [4.78, 5) is 16.2. The predicted octanol–water partition coefficient (Wildman–Crippen LogP) is 2.10. The summed E-state index contributed by atoms with van der Waals surface area (Å²) in [6.07, 6.45) is 0.527. The van der Waals surface area contributed by atoms with E-state index >= 15 is 0 Å². The van der Waals surface area contributed by atoms with Crippen LogP contribution in [0.1, 0.15) is 23.9 Å². The van der Waals surface area contributed by atoms with Crippen LogP contribution in [-0.4, -0.2) is 47.9 Å². The summed E-state index contributed by atoms with van der Waals surface area (Å²) in [5.41, 5.74) is 0. The summed E-state index contributed by atoms with van der Waals surface area (Å²) in [5, 5.41) is 8.70. The molecule has 6 heteroatoms. The molecular formula is C13H16BrN3O2. The van der Waals surface area contributed by atoms with Crippen molar-refractivity contribution in [1.29, 1.82) is 5.26 Å². The second-order valence-corrected chi connectivity index (χ2v) is 5.42. The van der Waals surface area contributed by atoms with Crippen LogP contribution in [0.3, 0.4) is 0 Å². The normalized spacial score (nSPS) is 18.1. The first-order chi connectivity index (χ1) is 9.11. The van der Waals surface area contributed by atoms with Crippen molar-refractivity contribution in [3.63, 3.8) is 0 Å². The maximum absolute atomic E-state index is 12.2. The fourth-order valence-electron chi connectivity index (χ4n) is 2.21. The molecule has 0 bridgehead atoms. The average Bonchev–Trinajstić information content (AvgIpc) is 2.85. The Kier molecular flexibility index (Phi) is 4.61. The number of amides is 1. The molecule has 5 nitrogen and oxygen atoms in total. The number of rotatable bonds is 3. The van der Waals surface area contributed by atoms with Gasteiger partial charge in [-0.05, 0) is 35.0 Å². The molecule has 0 aromatic carbocycles. The quantitative estimate of drug-likeness (QED) is 0.853. The molecule has 0 N–H and O–H groups in total. The minimum Gasteiger partial charge on any atom is -0.444 e. The summed E-state index contributed by atoms with van der Waals surface area (Å²) >= 11 is 3.19. The van der Waals surface area contributed by atoms with Gasteiger partial charge >= 0.3 is 0 Å². The molecule has 1 aliphatic heterocycles. The topological polar surface area (TPSA) is 60.5 Å². The Morgan fingerprint density at radius 2 is 2.16 bits per heavy atom. The van der Waals surface area contributed by atoms with Crippen molar-refractivity contribution < 1.29 is 9.21 Å².